The summed E-state index contributed by atoms with van der Waals surface area (Å²) in [6, 6.07) is -0.613. The van der Waals surface area contributed by atoms with Crippen molar-refractivity contribution in [3.63, 3.8) is 0 Å². The number of halogens is 2. The molecule has 1 saturated heterocycles. The first-order chi connectivity index (χ1) is 7.82. The number of likely N-dealkylation sites (tertiary alicyclic amines) is 1. The van der Waals surface area contributed by atoms with E-state index in [1.165, 1.54) is 0 Å². The lowest BCUT2D eigenvalue weighted by molar-refractivity contribution is -0.167. The second-order valence-electron chi connectivity index (χ2n) is 5.34. The Morgan fingerprint density at radius 2 is 1.82 bits per heavy atom. The highest BCUT2D eigenvalue weighted by molar-refractivity contribution is 5.82. The molecule has 0 aromatic carbocycles. The second kappa shape index (κ2) is 5.76. The molecule has 1 rings (SSSR count). The van der Waals surface area contributed by atoms with Gasteiger partial charge in [-0.25, -0.2) is 8.78 Å². The number of rotatable bonds is 6. The molecule has 0 spiro atoms. The van der Waals surface area contributed by atoms with Crippen LogP contribution in [0.25, 0.3) is 0 Å². The molecule has 0 aliphatic carbocycles. The number of nitrogens with two attached hydrogens (primary N) is 1. The van der Waals surface area contributed by atoms with E-state index in [2.05, 4.69) is 13.8 Å². The summed E-state index contributed by atoms with van der Waals surface area (Å²) in [5.41, 5.74) is 5.70. The highest BCUT2D eigenvalue weighted by Crippen LogP contribution is 2.27. The molecular formula is C12H22F2N2O. The van der Waals surface area contributed by atoms with Crippen LogP contribution in [0.5, 0.6) is 0 Å². The van der Waals surface area contributed by atoms with Crippen molar-refractivity contribution >= 4 is 5.91 Å². The first kappa shape index (κ1) is 14.4. The van der Waals surface area contributed by atoms with Gasteiger partial charge in [0.1, 0.15) is 0 Å². The molecule has 5 heteroatoms. The molecule has 0 aromatic heterocycles. The number of carbonyl (C=O) groups excluding carboxylic acids is 1. The topological polar surface area (TPSA) is 46.3 Å². The van der Waals surface area contributed by atoms with Crippen molar-refractivity contribution in [3.8, 4) is 0 Å². The Morgan fingerprint density at radius 3 is 2.29 bits per heavy atom. The van der Waals surface area contributed by atoms with Crippen molar-refractivity contribution < 1.29 is 13.6 Å². The molecule has 0 radical (unpaired) electrons. The van der Waals surface area contributed by atoms with Crippen molar-refractivity contribution in [2.24, 2.45) is 11.7 Å². The van der Waals surface area contributed by atoms with E-state index < -0.39 is 25.1 Å². The van der Waals surface area contributed by atoms with Crippen LogP contribution in [0.1, 0.15) is 39.5 Å². The number of amides is 1. The van der Waals surface area contributed by atoms with E-state index in [4.69, 9.17) is 5.73 Å². The van der Waals surface area contributed by atoms with Gasteiger partial charge < -0.3 is 10.6 Å². The molecular weight excluding hydrogens is 226 g/mol. The Labute approximate surface area is 101 Å². The summed E-state index contributed by atoms with van der Waals surface area (Å²) in [4.78, 5) is 12.8. The van der Waals surface area contributed by atoms with E-state index in [0.29, 0.717) is 12.3 Å². The Kier molecular flexibility index (Phi) is 4.86. The highest BCUT2D eigenvalue weighted by Gasteiger charge is 2.46. The summed E-state index contributed by atoms with van der Waals surface area (Å²) in [7, 11) is 0. The van der Waals surface area contributed by atoms with E-state index in [0.717, 1.165) is 24.2 Å². The van der Waals surface area contributed by atoms with Gasteiger partial charge in [-0.1, -0.05) is 33.1 Å². The Balaban J connectivity index is 2.15. The summed E-state index contributed by atoms with van der Waals surface area (Å²) in [5, 5.41) is 0. The van der Waals surface area contributed by atoms with Crippen LogP contribution in [-0.2, 0) is 4.79 Å². The smallest absolute Gasteiger partial charge is 0.282 e. The molecule has 0 bridgehead atoms. The molecule has 17 heavy (non-hydrogen) atoms. The van der Waals surface area contributed by atoms with Crippen molar-refractivity contribution in [1.82, 2.24) is 4.90 Å². The Hall–Kier alpha value is -0.710. The van der Waals surface area contributed by atoms with Crippen molar-refractivity contribution in [1.29, 1.82) is 0 Å². The molecule has 1 unspecified atom stereocenters. The molecule has 1 aliphatic heterocycles. The maximum atomic E-state index is 12.6. The van der Waals surface area contributed by atoms with Crippen LogP contribution in [0, 0.1) is 5.92 Å². The van der Waals surface area contributed by atoms with Gasteiger partial charge in [0.2, 0.25) is 5.91 Å². The minimum atomic E-state index is -2.70. The lowest BCUT2D eigenvalue weighted by Crippen LogP contribution is -2.61. The molecule has 1 aliphatic rings. The quantitative estimate of drug-likeness (QED) is 0.731. The Morgan fingerprint density at radius 1 is 1.29 bits per heavy atom. The molecule has 1 fully saturated rings. The van der Waals surface area contributed by atoms with E-state index >= 15 is 0 Å². The minimum absolute atomic E-state index is 0.333. The summed E-state index contributed by atoms with van der Waals surface area (Å²) >= 11 is 0. The van der Waals surface area contributed by atoms with Crippen LogP contribution in [-0.4, -0.2) is 35.9 Å². The van der Waals surface area contributed by atoms with Gasteiger partial charge in [-0.2, -0.15) is 0 Å². The number of unbranched alkanes of at least 4 members (excludes halogenated alkanes) is 1. The van der Waals surface area contributed by atoms with Gasteiger partial charge in [0.05, 0.1) is 19.1 Å². The van der Waals surface area contributed by atoms with E-state index in [1.807, 2.05) is 0 Å². The molecule has 1 amide bonds. The lowest BCUT2D eigenvalue weighted by atomic mass is 10.0. The zero-order valence-electron chi connectivity index (χ0n) is 10.6. The molecule has 1 atom stereocenters. The number of carbonyl (C=O) groups is 1. The minimum Gasteiger partial charge on any atom is -0.329 e. The van der Waals surface area contributed by atoms with Crippen LogP contribution >= 0.6 is 0 Å². The van der Waals surface area contributed by atoms with Crippen LogP contribution in [0.4, 0.5) is 8.78 Å². The van der Waals surface area contributed by atoms with Gasteiger partial charge in [-0.3, -0.25) is 4.79 Å². The third kappa shape index (κ3) is 4.58. The fraction of sp³-hybridized carbons (Fsp3) is 0.917. The van der Waals surface area contributed by atoms with Gasteiger partial charge in [-0.05, 0) is 12.3 Å². The van der Waals surface area contributed by atoms with Gasteiger partial charge in [0.25, 0.3) is 5.92 Å². The first-order valence-electron chi connectivity index (χ1n) is 6.24. The molecule has 1 heterocycles. The zero-order chi connectivity index (χ0) is 13.1. The summed E-state index contributed by atoms with van der Waals surface area (Å²) in [6.45, 7) is 3.36. The monoisotopic (exact) mass is 248 g/mol. The van der Waals surface area contributed by atoms with Gasteiger partial charge in [0, 0.05) is 0 Å². The van der Waals surface area contributed by atoms with Crippen LogP contribution < -0.4 is 5.73 Å². The molecule has 0 saturated carbocycles. The SMILES string of the molecule is CC(C)CCCCC(N)C(=O)N1CC(F)(F)C1. The highest BCUT2D eigenvalue weighted by atomic mass is 19.3. The second-order valence-corrected chi connectivity index (χ2v) is 5.34. The number of nitrogens with zero attached hydrogens (tertiary/aromatic N) is 1. The number of hydrogen-bond acceptors (Lipinski definition) is 2. The third-order valence-corrected chi connectivity index (χ3v) is 3.02. The predicted octanol–water partition coefficient (Wildman–Crippen LogP) is 2.01. The normalized spacial score (nSPS) is 20.2. The summed E-state index contributed by atoms with van der Waals surface area (Å²) in [6.07, 6.45) is 3.63. The van der Waals surface area contributed by atoms with Crippen molar-refractivity contribution in [3.05, 3.63) is 0 Å². The van der Waals surface area contributed by atoms with Crippen LogP contribution in [0.2, 0.25) is 0 Å². The van der Waals surface area contributed by atoms with Gasteiger partial charge in [0.15, 0.2) is 0 Å². The first-order valence-corrected chi connectivity index (χ1v) is 6.24. The maximum absolute atomic E-state index is 12.6. The zero-order valence-corrected chi connectivity index (χ0v) is 10.6. The summed E-state index contributed by atoms with van der Waals surface area (Å²) in [5.74, 6) is -2.39. The fourth-order valence-corrected chi connectivity index (χ4v) is 1.94. The largest absolute Gasteiger partial charge is 0.329 e. The lowest BCUT2D eigenvalue weighted by Gasteiger charge is -2.39. The average Bonchev–Trinajstić information content (AvgIpc) is 2.19. The molecule has 100 valence electrons. The molecule has 2 N–H and O–H groups in total. The molecule has 3 nitrogen and oxygen atoms in total. The number of hydrogen-bond donors (Lipinski definition) is 1. The van der Waals surface area contributed by atoms with Crippen LogP contribution in [0.15, 0.2) is 0 Å². The van der Waals surface area contributed by atoms with E-state index in [1.54, 1.807) is 0 Å². The van der Waals surface area contributed by atoms with Crippen molar-refractivity contribution in [2.75, 3.05) is 13.1 Å². The van der Waals surface area contributed by atoms with Crippen molar-refractivity contribution in [2.45, 2.75) is 51.5 Å². The Bertz CT molecular complexity index is 261. The predicted molar refractivity (Wildman–Crippen MR) is 62.8 cm³/mol. The third-order valence-electron chi connectivity index (χ3n) is 3.02. The van der Waals surface area contributed by atoms with E-state index in [9.17, 15) is 13.6 Å². The van der Waals surface area contributed by atoms with Crippen LogP contribution in [0.3, 0.4) is 0 Å². The van der Waals surface area contributed by atoms with Gasteiger partial charge in [-0.15, -0.1) is 0 Å². The number of alkyl halides is 2. The fourth-order valence-electron chi connectivity index (χ4n) is 1.94. The van der Waals surface area contributed by atoms with Gasteiger partial charge >= 0.3 is 0 Å². The summed E-state index contributed by atoms with van der Waals surface area (Å²) < 4.78 is 25.1. The maximum Gasteiger partial charge on any atom is 0.282 e. The molecule has 0 aromatic rings. The average molecular weight is 248 g/mol. The van der Waals surface area contributed by atoms with E-state index in [-0.39, 0.29) is 5.91 Å². The standard InChI is InChI=1S/C12H22F2N2O/c1-9(2)5-3-4-6-10(15)11(17)16-7-12(13,14)8-16/h9-10H,3-8,15H2,1-2H3.